The lowest BCUT2D eigenvalue weighted by Gasteiger charge is -2.27. The molecule has 0 saturated heterocycles. The Balaban J connectivity index is 2.73. The van der Waals surface area contributed by atoms with Crippen molar-refractivity contribution in [3.8, 4) is 0 Å². The number of amides is 1. The molecule has 0 radical (unpaired) electrons. The van der Waals surface area contributed by atoms with E-state index in [2.05, 4.69) is 5.32 Å². The molecular weight excluding hydrogens is 310 g/mol. The number of ketones is 1. The van der Waals surface area contributed by atoms with Gasteiger partial charge < -0.3 is 21.9 Å². The van der Waals surface area contributed by atoms with Crippen molar-refractivity contribution in [2.24, 2.45) is 11.5 Å². The van der Waals surface area contributed by atoms with Gasteiger partial charge in [0, 0.05) is 6.42 Å². The number of benzene rings is 1. The number of hydrogen-bond donors (Lipinski definition) is 4. The van der Waals surface area contributed by atoms with Crippen molar-refractivity contribution in [2.45, 2.75) is 50.7 Å². The number of Topliss-reactive ketones (excluding diaryl/α,β-unsaturated/α-hetero) is 1. The minimum Gasteiger partial charge on any atom is -0.481 e. The second-order valence-corrected chi connectivity index (χ2v) is 6.11. The van der Waals surface area contributed by atoms with Crippen molar-refractivity contribution in [1.82, 2.24) is 5.32 Å². The van der Waals surface area contributed by atoms with Crippen LogP contribution in [0.5, 0.6) is 0 Å². The molecule has 0 aliphatic heterocycles. The van der Waals surface area contributed by atoms with E-state index in [1.54, 1.807) is 0 Å². The quantitative estimate of drug-likeness (QED) is 0.525. The Kier molecular flexibility index (Phi) is 7.06. The highest BCUT2D eigenvalue weighted by Gasteiger charge is 2.34. The van der Waals surface area contributed by atoms with Gasteiger partial charge in [-0.2, -0.15) is 0 Å². The van der Waals surface area contributed by atoms with Gasteiger partial charge in [-0.3, -0.25) is 14.4 Å². The van der Waals surface area contributed by atoms with Crippen LogP contribution in [-0.2, 0) is 14.4 Å². The Hall–Kier alpha value is -2.25. The van der Waals surface area contributed by atoms with Crippen molar-refractivity contribution in [3.63, 3.8) is 0 Å². The molecule has 3 atom stereocenters. The first kappa shape index (κ1) is 19.8. The van der Waals surface area contributed by atoms with E-state index < -0.39 is 35.7 Å². The van der Waals surface area contributed by atoms with Gasteiger partial charge in [0.15, 0.2) is 5.78 Å². The van der Waals surface area contributed by atoms with Crippen molar-refractivity contribution in [2.75, 3.05) is 0 Å². The molecule has 6 N–H and O–H groups in total. The number of aliphatic carboxylic acids is 1. The monoisotopic (exact) mass is 335 g/mol. The maximum absolute atomic E-state index is 12.4. The zero-order valence-electron chi connectivity index (χ0n) is 14.0. The van der Waals surface area contributed by atoms with Crippen LogP contribution in [0.25, 0.3) is 0 Å². The minimum absolute atomic E-state index is 0.218. The van der Waals surface area contributed by atoms with Crippen LogP contribution in [0, 0.1) is 0 Å². The van der Waals surface area contributed by atoms with Crippen LogP contribution in [0.15, 0.2) is 30.3 Å². The highest BCUT2D eigenvalue weighted by molar-refractivity contribution is 5.95. The van der Waals surface area contributed by atoms with Gasteiger partial charge in [0.25, 0.3) is 0 Å². The molecule has 132 valence electrons. The molecular formula is C17H25N3O4. The molecule has 1 unspecified atom stereocenters. The zero-order valence-corrected chi connectivity index (χ0v) is 14.0. The maximum atomic E-state index is 12.4. The summed E-state index contributed by atoms with van der Waals surface area (Å²) in [4.78, 5) is 35.0. The molecule has 0 aliphatic rings. The van der Waals surface area contributed by atoms with E-state index in [-0.39, 0.29) is 12.5 Å². The Morgan fingerprint density at radius 3 is 2.33 bits per heavy atom. The van der Waals surface area contributed by atoms with Gasteiger partial charge in [-0.05, 0) is 18.9 Å². The SMILES string of the molecule is CC[C@H](NC(=O)C(C)(N)CC(=O)[C@@H](N)CC(=O)O)c1ccccc1. The van der Waals surface area contributed by atoms with Crippen molar-refractivity contribution in [1.29, 1.82) is 0 Å². The third-order valence-corrected chi connectivity index (χ3v) is 3.78. The van der Waals surface area contributed by atoms with E-state index in [4.69, 9.17) is 16.6 Å². The van der Waals surface area contributed by atoms with Crippen molar-refractivity contribution in [3.05, 3.63) is 35.9 Å². The highest BCUT2D eigenvalue weighted by atomic mass is 16.4. The number of carboxylic acid groups (broad SMARTS) is 1. The standard InChI is InChI=1S/C17H25N3O4/c1-3-13(11-7-5-4-6-8-11)20-16(24)17(2,19)10-14(21)12(18)9-15(22)23/h4-8,12-13H,3,9-10,18-19H2,1-2H3,(H,20,24)(H,22,23)/t12-,13-,17?/m0/s1. The third kappa shape index (κ3) is 5.75. The molecule has 0 aliphatic carbocycles. The van der Waals surface area contributed by atoms with E-state index in [0.717, 1.165) is 5.56 Å². The lowest BCUT2D eigenvalue weighted by Crippen LogP contribution is -2.55. The average molecular weight is 335 g/mol. The summed E-state index contributed by atoms with van der Waals surface area (Å²) in [5.41, 5.74) is 11.0. The number of carbonyl (C=O) groups is 3. The zero-order chi connectivity index (χ0) is 18.3. The molecule has 1 aromatic carbocycles. The minimum atomic E-state index is -1.46. The van der Waals surface area contributed by atoms with E-state index in [0.29, 0.717) is 6.42 Å². The van der Waals surface area contributed by atoms with Crippen LogP contribution in [0.4, 0.5) is 0 Å². The van der Waals surface area contributed by atoms with Crippen LogP contribution < -0.4 is 16.8 Å². The van der Waals surface area contributed by atoms with Gasteiger partial charge in [-0.1, -0.05) is 37.3 Å². The maximum Gasteiger partial charge on any atom is 0.305 e. The van der Waals surface area contributed by atoms with E-state index in [1.165, 1.54) is 6.92 Å². The summed E-state index contributed by atoms with van der Waals surface area (Å²) in [6.07, 6.45) is -0.144. The molecule has 7 nitrogen and oxygen atoms in total. The van der Waals surface area contributed by atoms with Gasteiger partial charge in [0.2, 0.25) is 5.91 Å². The van der Waals surface area contributed by atoms with Gasteiger partial charge >= 0.3 is 5.97 Å². The van der Waals surface area contributed by atoms with E-state index in [9.17, 15) is 14.4 Å². The number of hydrogen-bond acceptors (Lipinski definition) is 5. The van der Waals surface area contributed by atoms with E-state index >= 15 is 0 Å². The third-order valence-electron chi connectivity index (χ3n) is 3.78. The lowest BCUT2D eigenvalue weighted by molar-refractivity contribution is -0.139. The molecule has 0 heterocycles. The molecule has 7 heteroatoms. The molecule has 0 bridgehead atoms. The Morgan fingerprint density at radius 2 is 1.83 bits per heavy atom. The van der Waals surface area contributed by atoms with Gasteiger partial charge in [-0.25, -0.2) is 0 Å². The van der Waals surface area contributed by atoms with E-state index in [1.807, 2.05) is 37.3 Å². The summed E-state index contributed by atoms with van der Waals surface area (Å²) < 4.78 is 0. The van der Waals surface area contributed by atoms with Crippen LogP contribution in [0.2, 0.25) is 0 Å². The first-order valence-corrected chi connectivity index (χ1v) is 7.82. The topological polar surface area (TPSA) is 136 Å². The van der Waals surface area contributed by atoms with Crippen LogP contribution in [0.1, 0.15) is 44.7 Å². The fraction of sp³-hybridized carbons (Fsp3) is 0.471. The average Bonchev–Trinajstić information content (AvgIpc) is 2.52. The molecule has 1 aromatic rings. The summed E-state index contributed by atoms with van der Waals surface area (Å²) in [7, 11) is 0. The largest absolute Gasteiger partial charge is 0.481 e. The second kappa shape index (κ2) is 8.56. The summed E-state index contributed by atoms with van der Waals surface area (Å²) >= 11 is 0. The number of carbonyl (C=O) groups excluding carboxylic acids is 2. The van der Waals surface area contributed by atoms with Crippen LogP contribution >= 0.6 is 0 Å². The fourth-order valence-electron chi connectivity index (χ4n) is 2.30. The fourth-order valence-corrected chi connectivity index (χ4v) is 2.30. The van der Waals surface area contributed by atoms with Crippen molar-refractivity contribution >= 4 is 17.7 Å². The number of carboxylic acids is 1. The van der Waals surface area contributed by atoms with Crippen LogP contribution in [0.3, 0.4) is 0 Å². The molecule has 24 heavy (non-hydrogen) atoms. The van der Waals surface area contributed by atoms with Crippen molar-refractivity contribution < 1.29 is 19.5 Å². The normalized spacial score (nSPS) is 15.8. The predicted molar refractivity (Wildman–Crippen MR) is 90.1 cm³/mol. The van der Waals surface area contributed by atoms with Crippen LogP contribution in [-0.4, -0.2) is 34.3 Å². The first-order valence-electron chi connectivity index (χ1n) is 7.82. The Labute approximate surface area is 141 Å². The summed E-state index contributed by atoms with van der Waals surface area (Å²) in [5.74, 6) is -2.20. The van der Waals surface area contributed by atoms with Gasteiger partial charge in [-0.15, -0.1) is 0 Å². The summed E-state index contributed by atoms with van der Waals surface area (Å²) in [6.45, 7) is 3.37. The molecule has 0 fully saturated rings. The molecule has 0 aromatic heterocycles. The highest BCUT2D eigenvalue weighted by Crippen LogP contribution is 2.18. The second-order valence-electron chi connectivity index (χ2n) is 6.11. The summed E-state index contributed by atoms with van der Waals surface area (Å²) in [5, 5.41) is 11.5. The Morgan fingerprint density at radius 1 is 1.25 bits per heavy atom. The number of nitrogens with one attached hydrogen (secondary N) is 1. The molecule has 0 spiro atoms. The molecule has 1 amide bonds. The van der Waals surface area contributed by atoms with Gasteiger partial charge in [0.05, 0.1) is 24.0 Å². The molecule has 1 rings (SSSR count). The lowest BCUT2D eigenvalue weighted by atomic mass is 9.91. The first-order chi connectivity index (χ1) is 11.2. The summed E-state index contributed by atoms with van der Waals surface area (Å²) in [6, 6.07) is 8.04. The van der Waals surface area contributed by atoms with Gasteiger partial charge in [0.1, 0.15) is 0 Å². The number of nitrogens with two attached hydrogens (primary N) is 2. The number of rotatable bonds is 9. The molecule has 0 saturated carbocycles. The smallest absolute Gasteiger partial charge is 0.305 e. The predicted octanol–water partition coefficient (Wildman–Crippen LogP) is 0.733. The Bertz CT molecular complexity index is 587.